The van der Waals surface area contributed by atoms with Crippen LogP contribution < -0.4 is 5.73 Å². The third kappa shape index (κ3) is 3.28. The SMILES string of the molecule is CC(C)n1ccc(CN2CCOC(C(N)=S)C2)n1. The van der Waals surface area contributed by atoms with Crippen molar-refractivity contribution in [1.29, 1.82) is 0 Å². The topological polar surface area (TPSA) is 56.3 Å². The molecule has 0 aromatic carbocycles. The number of thiocarbonyl (C=S) groups is 1. The highest BCUT2D eigenvalue weighted by Crippen LogP contribution is 2.11. The quantitative estimate of drug-likeness (QED) is 0.824. The van der Waals surface area contributed by atoms with Crippen LogP contribution in [-0.2, 0) is 11.3 Å². The normalized spacial score (nSPS) is 21.4. The van der Waals surface area contributed by atoms with Crippen LogP contribution in [0.5, 0.6) is 0 Å². The van der Waals surface area contributed by atoms with E-state index in [1.165, 1.54) is 0 Å². The van der Waals surface area contributed by atoms with Gasteiger partial charge in [0.2, 0.25) is 0 Å². The van der Waals surface area contributed by atoms with Gasteiger partial charge in [-0.05, 0) is 19.9 Å². The van der Waals surface area contributed by atoms with Gasteiger partial charge in [0.25, 0.3) is 0 Å². The Kier molecular flexibility index (Phi) is 4.31. The second kappa shape index (κ2) is 5.77. The lowest BCUT2D eigenvalue weighted by atomic mass is 10.2. The lowest BCUT2D eigenvalue weighted by molar-refractivity contribution is 0.00338. The molecule has 1 aliphatic heterocycles. The molecule has 1 aromatic rings. The van der Waals surface area contributed by atoms with Gasteiger partial charge in [-0.15, -0.1) is 0 Å². The third-order valence-electron chi connectivity index (χ3n) is 3.05. The summed E-state index contributed by atoms with van der Waals surface area (Å²) in [6.45, 7) is 7.38. The molecule has 1 aliphatic rings. The van der Waals surface area contributed by atoms with E-state index in [0.717, 1.165) is 25.3 Å². The number of nitrogens with zero attached hydrogens (tertiary/aromatic N) is 3. The van der Waals surface area contributed by atoms with Crippen molar-refractivity contribution >= 4 is 17.2 Å². The smallest absolute Gasteiger partial charge is 0.120 e. The van der Waals surface area contributed by atoms with E-state index in [2.05, 4.69) is 29.9 Å². The van der Waals surface area contributed by atoms with E-state index >= 15 is 0 Å². The lowest BCUT2D eigenvalue weighted by Gasteiger charge is -2.31. The van der Waals surface area contributed by atoms with Crippen LogP contribution in [-0.4, -0.2) is 45.5 Å². The molecule has 0 radical (unpaired) electrons. The maximum Gasteiger partial charge on any atom is 0.120 e. The van der Waals surface area contributed by atoms with E-state index in [4.69, 9.17) is 22.7 Å². The summed E-state index contributed by atoms with van der Waals surface area (Å²) >= 11 is 4.98. The van der Waals surface area contributed by atoms with Crippen molar-refractivity contribution in [3.8, 4) is 0 Å². The van der Waals surface area contributed by atoms with Crippen molar-refractivity contribution in [1.82, 2.24) is 14.7 Å². The summed E-state index contributed by atoms with van der Waals surface area (Å²) in [7, 11) is 0. The van der Waals surface area contributed by atoms with E-state index < -0.39 is 0 Å². The standard InChI is InChI=1S/C12H20N4OS/c1-9(2)16-4-3-10(14-16)7-15-5-6-17-11(8-15)12(13)18/h3-4,9,11H,5-8H2,1-2H3,(H2,13,18). The number of nitrogens with two attached hydrogens (primary N) is 1. The van der Waals surface area contributed by atoms with Crippen LogP contribution in [0.3, 0.4) is 0 Å². The average Bonchev–Trinajstić information content (AvgIpc) is 2.78. The van der Waals surface area contributed by atoms with Gasteiger partial charge < -0.3 is 10.5 Å². The van der Waals surface area contributed by atoms with Crippen LogP contribution in [0.4, 0.5) is 0 Å². The molecule has 1 atom stereocenters. The highest BCUT2D eigenvalue weighted by molar-refractivity contribution is 7.80. The van der Waals surface area contributed by atoms with Crippen LogP contribution in [0.15, 0.2) is 12.3 Å². The Morgan fingerprint density at radius 2 is 2.44 bits per heavy atom. The Labute approximate surface area is 113 Å². The first-order valence-electron chi connectivity index (χ1n) is 6.23. The zero-order valence-electron chi connectivity index (χ0n) is 10.9. The van der Waals surface area contributed by atoms with Gasteiger partial charge in [0, 0.05) is 31.9 Å². The Hall–Kier alpha value is -0.980. The predicted octanol–water partition coefficient (Wildman–Crippen LogP) is 0.951. The second-order valence-corrected chi connectivity index (χ2v) is 5.35. The number of hydrogen-bond acceptors (Lipinski definition) is 4. The first kappa shape index (κ1) is 13.5. The van der Waals surface area contributed by atoms with E-state index in [1.54, 1.807) is 0 Å². The van der Waals surface area contributed by atoms with Crippen LogP contribution in [0, 0.1) is 0 Å². The van der Waals surface area contributed by atoms with Crippen LogP contribution in [0.1, 0.15) is 25.6 Å². The van der Waals surface area contributed by atoms with Crippen molar-refractivity contribution < 1.29 is 4.74 Å². The Bertz CT molecular complexity index is 418. The molecule has 2 heterocycles. The molecular weight excluding hydrogens is 248 g/mol. The minimum atomic E-state index is -0.124. The van der Waals surface area contributed by atoms with Gasteiger partial charge >= 0.3 is 0 Å². The fourth-order valence-electron chi connectivity index (χ4n) is 2.00. The molecule has 100 valence electrons. The van der Waals surface area contributed by atoms with E-state index in [-0.39, 0.29) is 6.10 Å². The van der Waals surface area contributed by atoms with Gasteiger partial charge in [-0.1, -0.05) is 12.2 Å². The number of hydrogen-bond donors (Lipinski definition) is 1. The van der Waals surface area contributed by atoms with Crippen LogP contribution in [0.2, 0.25) is 0 Å². The molecule has 1 aromatic heterocycles. The minimum absolute atomic E-state index is 0.124. The molecule has 0 saturated carbocycles. The first-order chi connectivity index (χ1) is 8.56. The zero-order chi connectivity index (χ0) is 13.1. The molecule has 1 saturated heterocycles. The molecule has 5 nitrogen and oxygen atoms in total. The second-order valence-electron chi connectivity index (χ2n) is 4.88. The molecule has 1 unspecified atom stereocenters. The summed E-state index contributed by atoms with van der Waals surface area (Å²) in [5.74, 6) is 0. The van der Waals surface area contributed by atoms with Gasteiger partial charge in [-0.2, -0.15) is 5.10 Å². The summed E-state index contributed by atoms with van der Waals surface area (Å²) in [6, 6.07) is 2.46. The molecule has 0 aliphatic carbocycles. The predicted molar refractivity (Wildman–Crippen MR) is 74.4 cm³/mol. The van der Waals surface area contributed by atoms with Crippen molar-refractivity contribution in [2.75, 3.05) is 19.7 Å². The zero-order valence-corrected chi connectivity index (χ0v) is 11.7. The number of morpholine rings is 1. The Morgan fingerprint density at radius 3 is 3.06 bits per heavy atom. The molecule has 0 spiro atoms. The number of aromatic nitrogens is 2. The number of rotatable bonds is 4. The summed E-state index contributed by atoms with van der Waals surface area (Å²) in [4.78, 5) is 2.72. The molecule has 2 N–H and O–H groups in total. The Balaban J connectivity index is 1.94. The summed E-state index contributed by atoms with van der Waals surface area (Å²) in [5, 5.41) is 4.54. The molecule has 2 rings (SSSR count). The van der Waals surface area contributed by atoms with Gasteiger partial charge in [0.15, 0.2) is 0 Å². The van der Waals surface area contributed by atoms with Crippen molar-refractivity contribution in [2.45, 2.75) is 32.5 Å². The minimum Gasteiger partial charge on any atom is -0.391 e. The molecular formula is C12H20N4OS. The van der Waals surface area contributed by atoms with E-state index in [9.17, 15) is 0 Å². The van der Waals surface area contributed by atoms with Crippen molar-refractivity contribution in [2.24, 2.45) is 5.73 Å². The van der Waals surface area contributed by atoms with Gasteiger partial charge in [-0.25, -0.2) is 0 Å². The fraction of sp³-hybridized carbons (Fsp3) is 0.667. The van der Waals surface area contributed by atoms with Gasteiger partial charge in [0.05, 0.1) is 12.3 Å². The van der Waals surface area contributed by atoms with Crippen LogP contribution >= 0.6 is 12.2 Å². The average molecular weight is 268 g/mol. The maximum atomic E-state index is 5.63. The first-order valence-corrected chi connectivity index (χ1v) is 6.64. The summed E-state index contributed by atoms with van der Waals surface area (Å²) in [5.41, 5.74) is 6.70. The van der Waals surface area contributed by atoms with E-state index in [1.807, 2.05) is 10.9 Å². The third-order valence-corrected chi connectivity index (χ3v) is 3.31. The lowest BCUT2D eigenvalue weighted by Crippen LogP contribution is -2.47. The largest absolute Gasteiger partial charge is 0.391 e. The highest BCUT2D eigenvalue weighted by Gasteiger charge is 2.22. The molecule has 6 heteroatoms. The van der Waals surface area contributed by atoms with Crippen molar-refractivity contribution in [3.63, 3.8) is 0 Å². The molecule has 0 amide bonds. The van der Waals surface area contributed by atoms with Gasteiger partial charge in [0.1, 0.15) is 11.1 Å². The summed E-state index contributed by atoms with van der Waals surface area (Å²) in [6.07, 6.45) is 1.90. The fourth-order valence-corrected chi connectivity index (χ4v) is 2.14. The summed E-state index contributed by atoms with van der Waals surface area (Å²) < 4.78 is 7.49. The Morgan fingerprint density at radius 1 is 1.67 bits per heavy atom. The molecule has 1 fully saturated rings. The molecule has 0 bridgehead atoms. The monoisotopic (exact) mass is 268 g/mol. The van der Waals surface area contributed by atoms with Crippen molar-refractivity contribution in [3.05, 3.63) is 18.0 Å². The maximum absolute atomic E-state index is 5.63. The van der Waals surface area contributed by atoms with E-state index in [0.29, 0.717) is 17.6 Å². The number of ether oxygens (including phenoxy) is 1. The van der Waals surface area contributed by atoms with Gasteiger partial charge in [-0.3, -0.25) is 9.58 Å². The molecule has 18 heavy (non-hydrogen) atoms. The van der Waals surface area contributed by atoms with Crippen LogP contribution in [0.25, 0.3) is 0 Å². The highest BCUT2D eigenvalue weighted by atomic mass is 32.1.